The number of unbranched alkanes of at least 4 members (excludes halogenated alkanes) is 5. The summed E-state index contributed by atoms with van der Waals surface area (Å²) in [5, 5.41) is 9.19. The zero-order chi connectivity index (χ0) is 16.2. The molecular weight excluding hydrogens is 280 g/mol. The van der Waals surface area contributed by atoms with Gasteiger partial charge in [0, 0.05) is 0 Å². The summed E-state index contributed by atoms with van der Waals surface area (Å²) in [7, 11) is 0. The minimum absolute atomic E-state index is 0.379. The Morgan fingerprint density at radius 2 is 1.68 bits per heavy atom. The number of carbonyl (C=O) groups is 2. The molecule has 0 fully saturated rings. The van der Waals surface area contributed by atoms with Crippen LogP contribution < -0.4 is 10.9 Å². The first-order valence-corrected chi connectivity index (χ1v) is 7.99. The van der Waals surface area contributed by atoms with Gasteiger partial charge in [0.05, 0.1) is 5.69 Å². The molecule has 0 aliphatic carbocycles. The molecule has 0 spiro atoms. The first-order valence-electron chi connectivity index (χ1n) is 7.99. The number of hydrazine groups is 1. The van der Waals surface area contributed by atoms with Crippen LogP contribution in [-0.4, -0.2) is 17.0 Å². The molecule has 0 aromatic heterocycles. The third kappa shape index (κ3) is 7.11. The number of anilines is 1. The summed E-state index contributed by atoms with van der Waals surface area (Å²) >= 11 is 0. The van der Waals surface area contributed by atoms with Gasteiger partial charge < -0.3 is 5.11 Å². The maximum absolute atomic E-state index is 12.0. The van der Waals surface area contributed by atoms with E-state index in [0.29, 0.717) is 6.42 Å². The van der Waals surface area contributed by atoms with Crippen molar-refractivity contribution in [1.29, 1.82) is 0 Å². The number of para-hydroxylation sites is 1. The Balaban J connectivity index is 2.32. The van der Waals surface area contributed by atoms with Crippen LogP contribution in [-0.2, 0) is 9.59 Å². The fourth-order valence-corrected chi connectivity index (χ4v) is 2.24. The molecule has 0 heterocycles. The predicted molar refractivity (Wildman–Crippen MR) is 87.3 cm³/mol. The molecule has 122 valence electrons. The molecule has 0 bridgehead atoms. The summed E-state index contributed by atoms with van der Waals surface area (Å²) in [4.78, 5) is 23.2. The first kappa shape index (κ1) is 18.0. The lowest BCUT2D eigenvalue weighted by Crippen LogP contribution is -2.38. The van der Waals surface area contributed by atoms with E-state index < -0.39 is 17.8 Å². The summed E-state index contributed by atoms with van der Waals surface area (Å²) in [6.45, 7) is 2.16. The maximum atomic E-state index is 12.0. The van der Waals surface area contributed by atoms with Crippen molar-refractivity contribution in [3.05, 3.63) is 30.3 Å². The van der Waals surface area contributed by atoms with Crippen LogP contribution in [0.2, 0.25) is 0 Å². The van der Waals surface area contributed by atoms with Crippen molar-refractivity contribution in [1.82, 2.24) is 5.43 Å². The summed E-state index contributed by atoms with van der Waals surface area (Å²) in [5.74, 6) is -2.56. The molecule has 1 aromatic carbocycles. The first-order chi connectivity index (χ1) is 10.6. The van der Waals surface area contributed by atoms with E-state index in [0.717, 1.165) is 24.9 Å². The molecule has 0 saturated carbocycles. The van der Waals surface area contributed by atoms with Crippen LogP contribution in [0.4, 0.5) is 5.69 Å². The Hall–Kier alpha value is -2.04. The minimum Gasteiger partial charge on any atom is -0.481 e. The second kappa shape index (κ2) is 10.7. The number of hydrogen-bond donors (Lipinski definition) is 3. The van der Waals surface area contributed by atoms with E-state index in [4.69, 9.17) is 0 Å². The van der Waals surface area contributed by atoms with E-state index in [2.05, 4.69) is 17.8 Å². The third-order valence-electron chi connectivity index (χ3n) is 3.56. The topological polar surface area (TPSA) is 78.4 Å². The number of carboxylic acids is 1. The second-order valence-electron chi connectivity index (χ2n) is 5.43. The Kier molecular flexibility index (Phi) is 8.72. The molecule has 5 nitrogen and oxygen atoms in total. The molecule has 5 heteroatoms. The van der Waals surface area contributed by atoms with E-state index in [1.165, 1.54) is 19.3 Å². The maximum Gasteiger partial charge on any atom is 0.316 e. The number of carboxylic acid groups (broad SMARTS) is 1. The van der Waals surface area contributed by atoms with Crippen molar-refractivity contribution < 1.29 is 14.7 Å². The van der Waals surface area contributed by atoms with Gasteiger partial charge in [-0.05, 0) is 18.6 Å². The van der Waals surface area contributed by atoms with E-state index >= 15 is 0 Å². The molecule has 1 rings (SSSR count). The zero-order valence-corrected chi connectivity index (χ0v) is 13.2. The molecule has 1 amide bonds. The Bertz CT molecular complexity index is 448. The molecule has 1 aromatic rings. The number of nitrogens with one attached hydrogen (secondary N) is 2. The van der Waals surface area contributed by atoms with Gasteiger partial charge in [-0.25, -0.2) is 0 Å². The number of benzene rings is 1. The summed E-state index contributed by atoms with van der Waals surface area (Å²) in [6.07, 6.45) is 6.79. The number of hydrogen-bond acceptors (Lipinski definition) is 3. The van der Waals surface area contributed by atoms with Crippen molar-refractivity contribution in [3.8, 4) is 0 Å². The Labute approximate surface area is 132 Å². The lowest BCUT2D eigenvalue weighted by molar-refractivity contribution is -0.147. The number of amides is 1. The number of aliphatic carboxylic acids is 1. The molecule has 0 aliphatic heterocycles. The van der Waals surface area contributed by atoms with Crippen LogP contribution in [0.5, 0.6) is 0 Å². The number of carbonyl (C=O) groups excluding carboxylic acids is 1. The highest BCUT2D eigenvalue weighted by molar-refractivity contribution is 5.97. The predicted octanol–water partition coefficient (Wildman–Crippen LogP) is 3.58. The largest absolute Gasteiger partial charge is 0.481 e. The van der Waals surface area contributed by atoms with Gasteiger partial charge in [-0.15, -0.1) is 0 Å². The molecule has 0 radical (unpaired) electrons. The Morgan fingerprint density at radius 1 is 1.05 bits per heavy atom. The lowest BCUT2D eigenvalue weighted by atomic mass is 9.99. The van der Waals surface area contributed by atoms with E-state index in [1.54, 1.807) is 12.1 Å². The van der Waals surface area contributed by atoms with Gasteiger partial charge >= 0.3 is 5.97 Å². The molecular formula is C17H26N2O3. The Morgan fingerprint density at radius 3 is 2.32 bits per heavy atom. The van der Waals surface area contributed by atoms with Crippen LogP contribution in [0.1, 0.15) is 51.9 Å². The van der Waals surface area contributed by atoms with E-state index in [1.807, 2.05) is 18.2 Å². The molecule has 1 unspecified atom stereocenters. The van der Waals surface area contributed by atoms with Crippen molar-refractivity contribution in [3.63, 3.8) is 0 Å². The van der Waals surface area contributed by atoms with Crippen molar-refractivity contribution in [2.75, 3.05) is 5.43 Å². The van der Waals surface area contributed by atoms with Crippen molar-refractivity contribution in [2.24, 2.45) is 5.92 Å². The summed E-state index contributed by atoms with van der Waals surface area (Å²) < 4.78 is 0. The quantitative estimate of drug-likeness (QED) is 0.332. The highest BCUT2D eigenvalue weighted by atomic mass is 16.4. The standard InChI is InChI=1S/C17H26N2O3/c1-2-3-4-5-6-10-13-15(17(21)22)16(20)19-18-14-11-8-7-9-12-14/h7-9,11-12,15,18H,2-6,10,13H2,1H3,(H,19,20)(H,21,22). The summed E-state index contributed by atoms with van der Waals surface area (Å²) in [5.41, 5.74) is 5.93. The smallest absolute Gasteiger partial charge is 0.316 e. The van der Waals surface area contributed by atoms with Crippen molar-refractivity contribution in [2.45, 2.75) is 51.9 Å². The highest BCUT2D eigenvalue weighted by Gasteiger charge is 2.25. The monoisotopic (exact) mass is 306 g/mol. The second-order valence-corrected chi connectivity index (χ2v) is 5.43. The minimum atomic E-state index is -1.07. The van der Waals surface area contributed by atoms with Crippen LogP contribution in [0.15, 0.2) is 30.3 Å². The van der Waals surface area contributed by atoms with Gasteiger partial charge in [-0.1, -0.05) is 63.6 Å². The third-order valence-corrected chi connectivity index (χ3v) is 3.56. The normalized spacial score (nSPS) is 11.7. The molecule has 0 aliphatic rings. The summed E-state index contributed by atoms with van der Waals surface area (Å²) in [6, 6.07) is 9.12. The average molecular weight is 306 g/mol. The number of rotatable bonds is 11. The fourth-order valence-electron chi connectivity index (χ4n) is 2.24. The van der Waals surface area contributed by atoms with Crippen molar-refractivity contribution >= 4 is 17.6 Å². The molecule has 1 atom stereocenters. The zero-order valence-electron chi connectivity index (χ0n) is 13.2. The van der Waals surface area contributed by atoms with Gasteiger partial charge in [0.1, 0.15) is 5.92 Å². The van der Waals surface area contributed by atoms with Gasteiger partial charge in [-0.3, -0.25) is 20.4 Å². The van der Waals surface area contributed by atoms with Crippen LogP contribution in [0.25, 0.3) is 0 Å². The lowest BCUT2D eigenvalue weighted by Gasteiger charge is -2.14. The van der Waals surface area contributed by atoms with Gasteiger partial charge in [0.2, 0.25) is 0 Å². The van der Waals surface area contributed by atoms with E-state index in [9.17, 15) is 14.7 Å². The van der Waals surface area contributed by atoms with Gasteiger partial charge in [0.25, 0.3) is 5.91 Å². The van der Waals surface area contributed by atoms with Gasteiger partial charge in [0.15, 0.2) is 0 Å². The fraction of sp³-hybridized carbons (Fsp3) is 0.529. The highest BCUT2D eigenvalue weighted by Crippen LogP contribution is 2.13. The van der Waals surface area contributed by atoms with Crippen LogP contribution >= 0.6 is 0 Å². The van der Waals surface area contributed by atoms with Crippen LogP contribution in [0.3, 0.4) is 0 Å². The van der Waals surface area contributed by atoms with Gasteiger partial charge in [-0.2, -0.15) is 0 Å². The SMILES string of the molecule is CCCCCCCCC(C(=O)O)C(=O)NNc1ccccc1. The average Bonchev–Trinajstić information content (AvgIpc) is 2.52. The molecule has 3 N–H and O–H groups in total. The molecule has 0 saturated heterocycles. The van der Waals surface area contributed by atoms with Crippen LogP contribution in [0, 0.1) is 5.92 Å². The van der Waals surface area contributed by atoms with E-state index in [-0.39, 0.29) is 0 Å². The molecule has 22 heavy (non-hydrogen) atoms.